The minimum absolute atomic E-state index is 0.0166. The second-order valence-corrected chi connectivity index (χ2v) is 34.5. The Kier molecular flexibility index (Phi) is 36.1. The number of anilines is 1. The van der Waals surface area contributed by atoms with Crippen molar-refractivity contribution in [3.8, 4) is 11.5 Å². The number of hydrogen-bond donors (Lipinski definition) is 14. The Hall–Kier alpha value is -13.4. The highest BCUT2D eigenvalue weighted by molar-refractivity contribution is 8.00. The van der Waals surface area contributed by atoms with Gasteiger partial charge in [0.25, 0.3) is 0 Å². The Morgan fingerprint density at radius 3 is 1.71 bits per heavy atom. The summed E-state index contributed by atoms with van der Waals surface area (Å²) < 4.78 is 0. The van der Waals surface area contributed by atoms with Gasteiger partial charge in [-0.2, -0.15) is 0 Å². The molecule has 0 radical (unpaired) electrons. The topological polar surface area (TPSA) is 500 Å². The molecule has 2 bridgehead atoms. The highest BCUT2D eigenvalue weighted by Gasteiger charge is 2.44. The van der Waals surface area contributed by atoms with Crippen LogP contribution in [0.2, 0.25) is 5.02 Å². The largest absolute Gasteiger partial charge is 0.508 e. The van der Waals surface area contributed by atoms with Crippen molar-refractivity contribution in [3.05, 3.63) is 196 Å². The predicted molar refractivity (Wildman–Crippen MR) is 482 cm³/mol. The number of aromatic amines is 1. The van der Waals surface area contributed by atoms with Crippen LogP contribution in [0, 0.1) is 11.8 Å². The fraction of sp³-hybridized carbons (Fsp3) is 0.413. The second kappa shape index (κ2) is 46.9. The lowest BCUT2D eigenvalue weighted by molar-refractivity contribution is -0.151. The third-order valence-electron chi connectivity index (χ3n) is 22.4. The molecule has 0 saturated carbocycles. The molecule has 15 amide bonds. The number of para-hydroxylation sites is 1. The predicted octanol–water partition coefficient (Wildman–Crippen LogP) is 2.87. The van der Waals surface area contributed by atoms with E-state index in [1.165, 1.54) is 70.7 Å². The standard InChI is InChI=1S/C92H113ClN16O19S/c1-10-11-30-72-90(126)105(6)48-77(113)98-68(45-80(116)117)86(122)104-81(53(4)5)92(128)107(8)74(39-54-22-14-12-15-23-54)87(123)102-70-42-58-33-36-61(111)44-73(58)109(89(70)125)49-78(114)97-67(43-59-46-95-64-29-21-19-27-62(59)64)85(121)101-66(38-56-31-34-60(110)35-32-56)84(120)100-65(37-52(2)3)83(119)103-71(82(118)96-47-76(94)112)50-129-51-79(115)99-69(41-57-26-18-20-28-63(57)93)88(124)108(9)75(91(127)106(72)7)40-55-24-16-13-17-25-55/h12-29,31-36,44,46,52-53,65-72,74-75,81,95,110-111H,10-11,30,37-43,45,47-51H2,1-9H3,(H2,94,112)(H,96,118)(H,97,114)(H,98,113)(H,99,115)(H,100,120)(H,101,121)(H,102,123)(H,103,119)(H,104,122)(H,116,117)/t65-,66-,67-,68-,69-,70-,71-,72-,74-,75-,81-/m0/s1. The van der Waals surface area contributed by atoms with Crippen LogP contribution in [0.1, 0.15) is 100 Å². The van der Waals surface area contributed by atoms with E-state index in [0.717, 1.165) is 36.3 Å². The van der Waals surface area contributed by atoms with Crippen molar-refractivity contribution in [1.29, 1.82) is 0 Å². The van der Waals surface area contributed by atoms with E-state index in [9.17, 15) is 48.9 Å². The zero-order valence-electron chi connectivity index (χ0n) is 73.3. The normalized spacial score (nSPS) is 22.2. The maximum absolute atomic E-state index is 15.5. The number of phenolic OH excluding ortho intramolecular Hbond substituents is 2. The van der Waals surface area contributed by atoms with Gasteiger partial charge in [-0.3, -0.25) is 76.7 Å². The van der Waals surface area contributed by atoms with E-state index in [1.54, 1.807) is 143 Å². The van der Waals surface area contributed by atoms with Gasteiger partial charge in [-0.1, -0.05) is 174 Å². The van der Waals surface area contributed by atoms with E-state index in [4.69, 9.17) is 17.3 Å². The number of fused-ring (bicyclic) bond motifs is 5. The number of H-pyrrole nitrogens is 1. The minimum Gasteiger partial charge on any atom is -0.508 e. The summed E-state index contributed by atoms with van der Waals surface area (Å²) >= 11 is 7.55. The Morgan fingerprint density at radius 1 is 0.527 bits per heavy atom. The molecule has 35 nitrogen and oxygen atoms in total. The van der Waals surface area contributed by atoms with Gasteiger partial charge < -0.3 is 98.4 Å². The number of unbranched alkanes of at least 4 members (excludes halogenated alkanes) is 1. The summed E-state index contributed by atoms with van der Waals surface area (Å²) in [5, 5.41) is 56.4. The number of nitrogens with two attached hydrogens (primary N) is 1. The van der Waals surface area contributed by atoms with Crippen LogP contribution in [-0.4, -0.2) is 260 Å². The number of carbonyl (C=O) groups excluding carboxylic acids is 15. The van der Waals surface area contributed by atoms with Gasteiger partial charge in [-0.15, -0.1) is 11.8 Å². The van der Waals surface area contributed by atoms with Gasteiger partial charge in [0.2, 0.25) is 88.6 Å². The number of hydrogen-bond acceptors (Lipinski definition) is 19. The molecule has 9 rings (SSSR count). The number of phenols is 2. The van der Waals surface area contributed by atoms with E-state index >= 15 is 43.2 Å². The molecule has 2 aliphatic heterocycles. The summed E-state index contributed by atoms with van der Waals surface area (Å²) in [5.74, 6) is -18.0. The maximum Gasteiger partial charge on any atom is 0.305 e. The van der Waals surface area contributed by atoms with Gasteiger partial charge in [0.15, 0.2) is 0 Å². The van der Waals surface area contributed by atoms with Crippen LogP contribution in [0.5, 0.6) is 11.5 Å². The Labute approximate surface area is 756 Å². The molecular formula is C92H113ClN16O19S. The lowest BCUT2D eigenvalue weighted by Crippen LogP contribution is -2.62. The smallest absolute Gasteiger partial charge is 0.305 e. The number of likely N-dealkylation sites (N-methyl/N-ethyl adjacent to an activating group) is 4. The van der Waals surface area contributed by atoms with Crippen LogP contribution in [0.4, 0.5) is 5.69 Å². The monoisotopic (exact) mass is 1810 g/mol. The Balaban J connectivity index is 1.12. The average Bonchev–Trinajstić information content (AvgIpc) is 1.18. The SMILES string of the molecule is CCCC[C@H]1C(=O)N(C)CC(=O)N[C@@H](CC(=O)O)C(=O)N[C@@H](C(C)C)C(=O)N(C)[C@@H](Cc2ccccc2)C(=O)N[C@H]2Cc3ccc(O)cc3N(CC(=O)N[C@@H](Cc3c[nH]c4ccccc34)C(=O)N[C@@H](Cc3ccc(O)cc3)C(=O)N[C@@H](CC(C)C)C(=O)N[C@H](C(=O)NCC(N)=O)CSCC(=O)N[C@@H](Cc3ccccc3Cl)C(=O)N(C)[C@@H](Cc3ccccc3)C(=O)N1C)C2=O. The number of primary amides is 1. The third-order valence-corrected chi connectivity index (χ3v) is 23.8. The van der Waals surface area contributed by atoms with Crippen molar-refractivity contribution in [3.63, 3.8) is 0 Å². The Bertz CT molecular complexity index is 5220. The summed E-state index contributed by atoms with van der Waals surface area (Å²) in [7, 11) is 5.23. The number of thioether (sulfide) groups is 1. The van der Waals surface area contributed by atoms with E-state index in [1.807, 2.05) is 6.92 Å². The summed E-state index contributed by atoms with van der Waals surface area (Å²) in [6, 6.07) is 23.2. The number of carboxylic acids is 1. The first-order valence-electron chi connectivity index (χ1n) is 42.5. The Morgan fingerprint density at radius 2 is 1.08 bits per heavy atom. The number of nitrogens with one attached hydrogen (secondary N) is 10. The van der Waals surface area contributed by atoms with Crippen molar-refractivity contribution < 1.29 is 92.0 Å². The van der Waals surface area contributed by atoms with Crippen molar-refractivity contribution in [2.75, 3.05) is 64.2 Å². The van der Waals surface area contributed by atoms with E-state index < -0.39 is 205 Å². The molecule has 688 valence electrons. The maximum atomic E-state index is 15.5. The van der Waals surface area contributed by atoms with Gasteiger partial charge in [0, 0.05) is 101 Å². The highest BCUT2D eigenvalue weighted by atomic mass is 35.5. The summed E-state index contributed by atoms with van der Waals surface area (Å²) in [6.45, 7) is 6.04. The van der Waals surface area contributed by atoms with Crippen molar-refractivity contribution in [2.24, 2.45) is 17.6 Å². The molecule has 1 aromatic heterocycles. The molecule has 0 unspecified atom stereocenters. The van der Waals surface area contributed by atoms with Gasteiger partial charge in [0.1, 0.15) is 84.5 Å². The van der Waals surface area contributed by atoms with Crippen molar-refractivity contribution in [2.45, 2.75) is 172 Å². The number of aliphatic carboxylic acids is 1. The molecular weight excluding hydrogens is 1700 g/mol. The molecule has 15 N–H and O–H groups in total. The molecule has 0 spiro atoms. The number of aromatic hydroxyl groups is 2. The zero-order chi connectivity index (χ0) is 94.0. The van der Waals surface area contributed by atoms with E-state index in [-0.39, 0.29) is 79.5 Å². The second-order valence-electron chi connectivity index (χ2n) is 33.0. The van der Waals surface area contributed by atoms with Crippen LogP contribution in [0.25, 0.3) is 10.9 Å². The molecule has 11 atom stereocenters. The fourth-order valence-corrected chi connectivity index (χ4v) is 16.4. The molecule has 0 aliphatic carbocycles. The van der Waals surface area contributed by atoms with Gasteiger partial charge in [-0.05, 0) is 88.4 Å². The number of carboxylic acid groups (broad SMARTS) is 1. The highest BCUT2D eigenvalue weighted by Crippen LogP contribution is 2.33. The molecule has 2 aliphatic rings. The molecule has 3 heterocycles. The first-order valence-corrected chi connectivity index (χ1v) is 44.0. The van der Waals surface area contributed by atoms with E-state index in [2.05, 4.69) is 52.8 Å². The van der Waals surface area contributed by atoms with Crippen LogP contribution in [-0.2, 0) is 115 Å². The van der Waals surface area contributed by atoms with Gasteiger partial charge in [-0.25, -0.2) is 0 Å². The number of benzene rings is 6. The number of rotatable bonds is 21. The lowest BCUT2D eigenvalue weighted by atomic mass is 9.95. The number of amides is 15. The van der Waals surface area contributed by atoms with Gasteiger partial charge >= 0.3 is 5.97 Å². The van der Waals surface area contributed by atoms with Gasteiger partial charge in [0.05, 0.1) is 31.0 Å². The minimum atomic E-state index is -1.91. The van der Waals surface area contributed by atoms with Crippen LogP contribution in [0.3, 0.4) is 0 Å². The lowest BCUT2D eigenvalue weighted by Gasteiger charge is -2.37. The van der Waals surface area contributed by atoms with Crippen LogP contribution in [0.15, 0.2) is 158 Å². The molecule has 1 saturated heterocycles. The number of aromatic nitrogens is 1. The van der Waals surface area contributed by atoms with Crippen LogP contribution < -0.4 is 58.5 Å². The fourth-order valence-electron chi connectivity index (χ4n) is 15.4. The third kappa shape index (κ3) is 28.1. The first kappa shape index (κ1) is 99.4. The van der Waals surface area contributed by atoms with Crippen molar-refractivity contribution >= 4 is 135 Å². The first-order chi connectivity index (χ1) is 61.4. The zero-order valence-corrected chi connectivity index (χ0v) is 74.9. The average molecular weight is 1810 g/mol. The molecule has 37 heteroatoms. The molecule has 6 aromatic carbocycles. The quantitative estimate of drug-likeness (QED) is 0.0492. The number of halogens is 1. The van der Waals surface area contributed by atoms with Crippen LogP contribution >= 0.6 is 23.4 Å². The number of carbonyl (C=O) groups is 16. The number of nitrogens with zero attached hydrogens (tertiary/aromatic N) is 5. The summed E-state index contributed by atoms with van der Waals surface area (Å²) in [4.78, 5) is 244. The molecule has 129 heavy (non-hydrogen) atoms. The summed E-state index contributed by atoms with van der Waals surface area (Å²) in [6.07, 6.45) is -0.101. The van der Waals surface area contributed by atoms with Crippen molar-refractivity contribution in [1.82, 2.24) is 72.4 Å². The molecule has 7 aromatic rings. The van der Waals surface area contributed by atoms with E-state index in [0.29, 0.717) is 57.1 Å². The summed E-state index contributed by atoms with van der Waals surface area (Å²) in [5.41, 5.74) is 8.85. The molecule has 1 fully saturated rings.